The maximum Gasteiger partial charge on any atom is 0.331 e. The molecule has 1 aromatic carbocycles. The first-order valence-electron chi connectivity index (χ1n) is 5.86. The number of carbonyl (C=O) groups is 2. The van der Waals surface area contributed by atoms with Crippen LogP contribution in [0.15, 0.2) is 36.4 Å². The summed E-state index contributed by atoms with van der Waals surface area (Å²) in [6.07, 6.45) is 0. The van der Waals surface area contributed by atoms with Crippen molar-refractivity contribution in [2.45, 2.75) is 13.8 Å². The number of ketones is 1. The highest BCUT2D eigenvalue weighted by Gasteiger charge is 2.16. The first kappa shape index (κ1) is 12.9. The number of nitrogens with one attached hydrogen (secondary N) is 1. The van der Waals surface area contributed by atoms with Crippen LogP contribution in [-0.2, 0) is 0 Å². The number of carbonyl (C=O) groups excluding carboxylic acids is 2. The number of nitrogens with zero attached hydrogens (tertiary/aromatic N) is 1. The van der Waals surface area contributed by atoms with Gasteiger partial charge in [0.2, 0.25) is 0 Å². The van der Waals surface area contributed by atoms with Gasteiger partial charge in [-0.25, -0.2) is 10.2 Å². The van der Waals surface area contributed by atoms with Crippen LogP contribution in [-0.4, -0.2) is 16.5 Å². The summed E-state index contributed by atoms with van der Waals surface area (Å²) in [5.74, 6) is -0.0558. The predicted octanol–water partition coefficient (Wildman–Crippen LogP) is 2.29. The number of benzene rings is 1. The van der Waals surface area contributed by atoms with Crippen molar-refractivity contribution in [2.24, 2.45) is 5.73 Å². The number of aromatic nitrogens is 1. The summed E-state index contributed by atoms with van der Waals surface area (Å²) < 4.78 is 1.54. The van der Waals surface area contributed by atoms with Crippen LogP contribution in [0.3, 0.4) is 0 Å². The lowest BCUT2D eigenvalue weighted by Crippen LogP contribution is -2.29. The third-order valence-corrected chi connectivity index (χ3v) is 2.92. The molecule has 0 unspecified atom stereocenters. The number of hydrogen-bond donors (Lipinski definition) is 2. The second kappa shape index (κ2) is 4.97. The van der Waals surface area contributed by atoms with Crippen molar-refractivity contribution >= 4 is 11.8 Å². The van der Waals surface area contributed by atoms with Gasteiger partial charge < -0.3 is 5.73 Å². The molecule has 1 heterocycles. The van der Waals surface area contributed by atoms with E-state index in [9.17, 15) is 9.59 Å². The van der Waals surface area contributed by atoms with E-state index < -0.39 is 6.03 Å². The molecule has 0 aliphatic rings. The lowest BCUT2D eigenvalue weighted by molar-refractivity contribution is 0.101. The van der Waals surface area contributed by atoms with Gasteiger partial charge in [0.05, 0.1) is 5.69 Å². The zero-order chi connectivity index (χ0) is 14.0. The molecule has 0 saturated carbocycles. The van der Waals surface area contributed by atoms with Crippen molar-refractivity contribution in [3.8, 4) is 11.3 Å². The predicted molar refractivity (Wildman–Crippen MR) is 73.6 cm³/mol. The second-order valence-electron chi connectivity index (χ2n) is 4.26. The Labute approximate surface area is 111 Å². The molecule has 2 rings (SSSR count). The number of Topliss-reactive ketones (excluding diaryl/α,β-unsaturated/α-hetero) is 1. The Kier molecular flexibility index (Phi) is 3.37. The molecule has 19 heavy (non-hydrogen) atoms. The van der Waals surface area contributed by atoms with Crippen LogP contribution >= 0.6 is 0 Å². The summed E-state index contributed by atoms with van der Waals surface area (Å²) in [6, 6.07) is 10.6. The van der Waals surface area contributed by atoms with E-state index in [2.05, 4.69) is 5.43 Å². The maximum absolute atomic E-state index is 11.6. The van der Waals surface area contributed by atoms with Crippen molar-refractivity contribution in [1.29, 1.82) is 0 Å². The summed E-state index contributed by atoms with van der Waals surface area (Å²) in [5.41, 5.74) is 10.5. The van der Waals surface area contributed by atoms with Crippen LogP contribution < -0.4 is 11.2 Å². The SMILES string of the molecule is CC(=O)c1cc(-c2ccccc2)n(NC(N)=O)c1C. The summed E-state index contributed by atoms with van der Waals surface area (Å²) in [6.45, 7) is 3.25. The number of rotatable bonds is 3. The van der Waals surface area contributed by atoms with Gasteiger partial charge in [-0.15, -0.1) is 0 Å². The van der Waals surface area contributed by atoms with E-state index in [-0.39, 0.29) is 5.78 Å². The minimum Gasteiger partial charge on any atom is -0.350 e. The Morgan fingerprint density at radius 3 is 2.37 bits per heavy atom. The topological polar surface area (TPSA) is 77.1 Å². The zero-order valence-corrected chi connectivity index (χ0v) is 10.8. The van der Waals surface area contributed by atoms with E-state index >= 15 is 0 Å². The Morgan fingerprint density at radius 2 is 1.84 bits per heavy atom. The van der Waals surface area contributed by atoms with Gasteiger partial charge in [-0.3, -0.25) is 9.47 Å². The minimum atomic E-state index is -0.675. The highest BCUT2D eigenvalue weighted by Crippen LogP contribution is 2.24. The van der Waals surface area contributed by atoms with Gasteiger partial charge in [0, 0.05) is 16.8 Å². The third-order valence-electron chi connectivity index (χ3n) is 2.92. The number of nitrogens with two attached hydrogens (primary N) is 1. The number of urea groups is 1. The van der Waals surface area contributed by atoms with Crippen LogP contribution in [0, 0.1) is 6.92 Å². The molecule has 0 aliphatic heterocycles. The molecule has 0 radical (unpaired) electrons. The van der Waals surface area contributed by atoms with Gasteiger partial charge in [-0.05, 0) is 19.9 Å². The van der Waals surface area contributed by atoms with Crippen LogP contribution in [0.2, 0.25) is 0 Å². The molecule has 0 aliphatic carbocycles. The fourth-order valence-corrected chi connectivity index (χ4v) is 2.04. The molecule has 0 bridgehead atoms. The van der Waals surface area contributed by atoms with E-state index in [1.165, 1.54) is 11.6 Å². The second-order valence-corrected chi connectivity index (χ2v) is 4.26. The van der Waals surface area contributed by atoms with E-state index in [0.717, 1.165) is 11.3 Å². The number of primary amides is 1. The van der Waals surface area contributed by atoms with E-state index in [1.807, 2.05) is 30.3 Å². The zero-order valence-electron chi connectivity index (χ0n) is 10.8. The van der Waals surface area contributed by atoms with Crippen molar-refractivity contribution in [2.75, 3.05) is 5.43 Å². The van der Waals surface area contributed by atoms with Crippen molar-refractivity contribution in [3.63, 3.8) is 0 Å². The van der Waals surface area contributed by atoms with E-state index in [4.69, 9.17) is 5.73 Å². The highest BCUT2D eigenvalue weighted by atomic mass is 16.2. The maximum atomic E-state index is 11.6. The van der Waals surface area contributed by atoms with Crippen LogP contribution in [0.5, 0.6) is 0 Å². The average Bonchev–Trinajstić information content (AvgIpc) is 2.68. The molecule has 0 spiro atoms. The third kappa shape index (κ3) is 2.49. The highest BCUT2D eigenvalue weighted by molar-refractivity contribution is 5.97. The average molecular weight is 257 g/mol. The molecule has 0 atom stereocenters. The van der Waals surface area contributed by atoms with Gasteiger partial charge in [0.1, 0.15) is 0 Å². The Balaban J connectivity index is 2.62. The van der Waals surface area contributed by atoms with E-state index in [1.54, 1.807) is 13.0 Å². The fourth-order valence-electron chi connectivity index (χ4n) is 2.04. The van der Waals surface area contributed by atoms with Gasteiger partial charge >= 0.3 is 6.03 Å². The Bertz CT molecular complexity index is 630. The first-order valence-corrected chi connectivity index (χ1v) is 5.86. The van der Waals surface area contributed by atoms with Crippen molar-refractivity contribution in [1.82, 2.24) is 4.68 Å². The normalized spacial score (nSPS) is 10.2. The van der Waals surface area contributed by atoms with E-state index in [0.29, 0.717) is 11.3 Å². The number of amides is 2. The van der Waals surface area contributed by atoms with Crippen LogP contribution in [0.25, 0.3) is 11.3 Å². The summed E-state index contributed by atoms with van der Waals surface area (Å²) in [5, 5.41) is 0. The fraction of sp³-hybridized carbons (Fsp3) is 0.143. The molecule has 5 heteroatoms. The van der Waals surface area contributed by atoms with Gasteiger partial charge in [-0.2, -0.15) is 0 Å². The molecular formula is C14H15N3O2. The monoisotopic (exact) mass is 257 g/mol. The molecule has 98 valence electrons. The standard InChI is InChI=1S/C14H15N3O2/c1-9-12(10(2)18)8-13(17(9)16-14(15)19)11-6-4-3-5-7-11/h3-8H,1-2H3,(H3,15,16,19). The molecule has 3 N–H and O–H groups in total. The van der Waals surface area contributed by atoms with Crippen molar-refractivity contribution < 1.29 is 9.59 Å². The Hall–Kier alpha value is -2.56. The molecule has 0 saturated heterocycles. The quantitative estimate of drug-likeness (QED) is 0.827. The van der Waals surface area contributed by atoms with Crippen LogP contribution in [0.1, 0.15) is 23.0 Å². The summed E-state index contributed by atoms with van der Waals surface area (Å²) >= 11 is 0. The van der Waals surface area contributed by atoms with Gasteiger partial charge in [-0.1, -0.05) is 30.3 Å². The number of hydrogen-bond acceptors (Lipinski definition) is 2. The molecule has 1 aromatic heterocycles. The first-order chi connectivity index (χ1) is 9.00. The Morgan fingerprint density at radius 1 is 1.21 bits per heavy atom. The molecule has 2 aromatic rings. The minimum absolute atomic E-state index is 0.0558. The molecule has 2 amide bonds. The van der Waals surface area contributed by atoms with Gasteiger partial charge in [0.15, 0.2) is 5.78 Å². The molecule has 5 nitrogen and oxygen atoms in total. The largest absolute Gasteiger partial charge is 0.350 e. The smallest absolute Gasteiger partial charge is 0.331 e. The lowest BCUT2D eigenvalue weighted by atomic mass is 10.1. The molecule has 0 fully saturated rings. The van der Waals surface area contributed by atoms with Crippen molar-refractivity contribution in [3.05, 3.63) is 47.7 Å². The molecular weight excluding hydrogens is 242 g/mol. The summed E-state index contributed by atoms with van der Waals surface area (Å²) in [7, 11) is 0. The van der Waals surface area contributed by atoms with Gasteiger partial charge in [0.25, 0.3) is 0 Å². The lowest BCUT2D eigenvalue weighted by Gasteiger charge is -2.11. The van der Waals surface area contributed by atoms with Crippen LogP contribution in [0.4, 0.5) is 4.79 Å². The summed E-state index contributed by atoms with van der Waals surface area (Å²) in [4.78, 5) is 22.7.